The molecule has 0 saturated carbocycles. The van der Waals surface area contributed by atoms with Crippen molar-refractivity contribution < 1.29 is 4.39 Å². The maximum absolute atomic E-state index is 13.4. The largest absolute Gasteiger partial charge is 0.306 e. The van der Waals surface area contributed by atoms with Gasteiger partial charge in [-0.25, -0.2) is 9.37 Å². The van der Waals surface area contributed by atoms with Gasteiger partial charge in [-0.1, -0.05) is 42.5 Å². The van der Waals surface area contributed by atoms with Crippen molar-refractivity contribution in [3.05, 3.63) is 76.8 Å². The highest BCUT2D eigenvalue weighted by Crippen LogP contribution is 2.31. The lowest BCUT2D eigenvalue weighted by molar-refractivity contribution is 0.628. The molecular formula is C18H11FN2OS. The van der Waals surface area contributed by atoms with Gasteiger partial charge in [0.1, 0.15) is 16.5 Å². The van der Waals surface area contributed by atoms with Crippen LogP contribution in [0.2, 0.25) is 0 Å². The zero-order valence-corrected chi connectivity index (χ0v) is 12.7. The summed E-state index contributed by atoms with van der Waals surface area (Å²) in [4.78, 5) is 21.2. The molecule has 0 radical (unpaired) electrons. The van der Waals surface area contributed by atoms with E-state index in [2.05, 4.69) is 9.97 Å². The number of benzene rings is 2. The molecule has 5 heteroatoms. The molecule has 0 atom stereocenters. The van der Waals surface area contributed by atoms with E-state index in [1.807, 2.05) is 36.4 Å². The van der Waals surface area contributed by atoms with Crippen molar-refractivity contribution in [3.63, 3.8) is 0 Å². The standard InChI is InChI=1S/C18H11FN2OS/c19-13-8-4-7-12(9-13)16-20-17(22)14-10-15(23-18(14)21-16)11-5-2-1-3-6-11/h1-10H,(H,20,21,22). The molecule has 0 spiro atoms. The molecule has 112 valence electrons. The number of rotatable bonds is 2. The van der Waals surface area contributed by atoms with Crippen molar-refractivity contribution in [3.8, 4) is 21.8 Å². The second kappa shape index (κ2) is 5.44. The molecule has 0 fully saturated rings. The third-order valence-corrected chi connectivity index (χ3v) is 4.64. The van der Waals surface area contributed by atoms with Crippen LogP contribution in [0.3, 0.4) is 0 Å². The first-order chi connectivity index (χ1) is 11.2. The zero-order chi connectivity index (χ0) is 15.8. The Labute approximate surface area is 135 Å². The molecule has 3 nitrogen and oxygen atoms in total. The number of nitrogens with one attached hydrogen (secondary N) is 1. The minimum absolute atomic E-state index is 0.215. The Morgan fingerprint density at radius 2 is 1.74 bits per heavy atom. The van der Waals surface area contributed by atoms with E-state index >= 15 is 0 Å². The molecule has 0 aliphatic carbocycles. The van der Waals surface area contributed by atoms with E-state index in [1.165, 1.54) is 23.5 Å². The number of hydrogen-bond acceptors (Lipinski definition) is 3. The molecule has 4 aromatic rings. The van der Waals surface area contributed by atoms with Crippen LogP contribution in [0.1, 0.15) is 0 Å². The van der Waals surface area contributed by atoms with Gasteiger partial charge >= 0.3 is 0 Å². The van der Waals surface area contributed by atoms with Crippen LogP contribution in [0.15, 0.2) is 65.5 Å². The lowest BCUT2D eigenvalue weighted by Crippen LogP contribution is -2.07. The van der Waals surface area contributed by atoms with Gasteiger partial charge in [-0.15, -0.1) is 11.3 Å². The Balaban J connectivity index is 1.89. The van der Waals surface area contributed by atoms with Gasteiger partial charge in [-0.05, 0) is 23.8 Å². The Kier molecular flexibility index (Phi) is 3.28. The summed E-state index contributed by atoms with van der Waals surface area (Å²) >= 11 is 1.45. The number of aromatic amines is 1. The predicted octanol–water partition coefficient (Wildman–Crippen LogP) is 4.46. The molecular weight excluding hydrogens is 311 g/mol. The van der Waals surface area contributed by atoms with Gasteiger partial charge < -0.3 is 4.98 Å². The highest BCUT2D eigenvalue weighted by Gasteiger charge is 2.11. The van der Waals surface area contributed by atoms with Gasteiger partial charge in [0.2, 0.25) is 0 Å². The minimum atomic E-state index is -0.360. The number of aromatic nitrogens is 2. The second-order valence-electron chi connectivity index (χ2n) is 5.12. The average molecular weight is 322 g/mol. The quantitative estimate of drug-likeness (QED) is 0.592. The van der Waals surface area contributed by atoms with Crippen molar-refractivity contribution in [1.29, 1.82) is 0 Å². The monoisotopic (exact) mass is 322 g/mol. The fraction of sp³-hybridized carbons (Fsp3) is 0. The Bertz CT molecular complexity index is 1050. The van der Waals surface area contributed by atoms with Crippen molar-refractivity contribution in [1.82, 2.24) is 9.97 Å². The summed E-state index contributed by atoms with van der Waals surface area (Å²) in [6.07, 6.45) is 0. The van der Waals surface area contributed by atoms with Crippen LogP contribution in [0.4, 0.5) is 4.39 Å². The topological polar surface area (TPSA) is 45.8 Å². The third kappa shape index (κ3) is 2.55. The molecule has 0 unspecified atom stereocenters. The predicted molar refractivity (Wildman–Crippen MR) is 91.1 cm³/mol. The lowest BCUT2D eigenvalue weighted by Gasteiger charge is -2.00. The number of hydrogen-bond donors (Lipinski definition) is 1. The first-order valence-corrected chi connectivity index (χ1v) is 7.87. The Morgan fingerprint density at radius 1 is 0.957 bits per heavy atom. The van der Waals surface area contributed by atoms with Crippen LogP contribution in [0.5, 0.6) is 0 Å². The third-order valence-electron chi connectivity index (χ3n) is 3.56. The van der Waals surface area contributed by atoms with Crippen LogP contribution in [-0.2, 0) is 0 Å². The molecule has 2 aromatic carbocycles. The highest BCUT2D eigenvalue weighted by atomic mass is 32.1. The number of fused-ring (bicyclic) bond motifs is 1. The molecule has 1 N–H and O–H groups in total. The van der Waals surface area contributed by atoms with Crippen LogP contribution < -0.4 is 5.56 Å². The van der Waals surface area contributed by atoms with Crippen LogP contribution in [0, 0.1) is 5.82 Å². The van der Waals surface area contributed by atoms with Gasteiger partial charge in [0, 0.05) is 10.4 Å². The fourth-order valence-electron chi connectivity index (χ4n) is 2.45. The number of nitrogens with zero attached hydrogens (tertiary/aromatic N) is 1. The van der Waals surface area contributed by atoms with Crippen molar-refractivity contribution in [2.45, 2.75) is 0 Å². The molecule has 0 aliphatic rings. The summed E-state index contributed by atoms with van der Waals surface area (Å²) in [6, 6.07) is 17.7. The van der Waals surface area contributed by atoms with Gasteiger partial charge in [0.25, 0.3) is 5.56 Å². The van der Waals surface area contributed by atoms with Crippen molar-refractivity contribution >= 4 is 21.6 Å². The first kappa shape index (κ1) is 13.8. The van der Waals surface area contributed by atoms with E-state index in [0.29, 0.717) is 21.6 Å². The summed E-state index contributed by atoms with van der Waals surface area (Å²) in [6.45, 7) is 0. The molecule has 4 rings (SSSR count). The van der Waals surface area contributed by atoms with Gasteiger partial charge in [-0.3, -0.25) is 4.79 Å². The SMILES string of the molecule is O=c1[nH]c(-c2cccc(F)c2)nc2sc(-c3ccccc3)cc12. The summed E-state index contributed by atoms with van der Waals surface area (Å²) in [5.41, 5.74) is 1.38. The summed E-state index contributed by atoms with van der Waals surface area (Å²) in [7, 11) is 0. The number of H-pyrrole nitrogens is 1. The van der Waals surface area contributed by atoms with E-state index < -0.39 is 0 Å². The van der Waals surface area contributed by atoms with E-state index in [0.717, 1.165) is 10.4 Å². The second-order valence-corrected chi connectivity index (χ2v) is 6.15. The number of halogens is 1. The maximum Gasteiger partial charge on any atom is 0.259 e. The van der Waals surface area contributed by atoms with E-state index in [-0.39, 0.29) is 11.4 Å². The molecule has 23 heavy (non-hydrogen) atoms. The smallest absolute Gasteiger partial charge is 0.259 e. The molecule has 0 saturated heterocycles. The van der Waals surface area contributed by atoms with Crippen LogP contribution >= 0.6 is 11.3 Å². The lowest BCUT2D eigenvalue weighted by atomic mass is 10.2. The molecule has 0 bridgehead atoms. The zero-order valence-electron chi connectivity index (χ0n) is 11.9. The van der Waals surface area contributed by atoms with Crippen LogP contribution in [-0.4, -0.2) is 9.97 Å². The highest BCUT2D eigenvalue weighted by molar-refractivity contribution is 7.21. The van der Waals surface area contributed by atoms with Crippen molar-refractivity contribution in [2.75, 3.05) is 0 Å². The summed E-state index contributed by atoms with van der Waals surface area (Å²) in [5.74, 6) is 0.0184. The summed E-state index contributed by atoms with van der Waals surface area (Å²) in [5, 5.41) is 0.550. The molecule has 2 heterocycles. The van der Waals surface area contributed by atoms with E-state index in [1.54, 1.807) is 12.1 Å². The summed E-state index contributed by atoms with van der Waals surface area (Å²) < 4.78 is 13.4. The normalized spacial score (nSPS) is 11.0. The minimum Gasteiger partial charge on any atom is -0.306 e. The Hall–Kier alpha value is -2.79. The number of thiophene rings is 1. The molecule has 0 amide bonds. The fourth-order valence-corrected chi connectivity index (χ4v) is 3.49. The molecule has 2 aromatic heterocycles. The van der Waals surface area contributed by atoms with Gasteiger partial charge in [-0.2, -0.15) is 0 Å². The van der Waals surface area contributed by atoms with Gasteiger partial charge in [0.15, 0.2) is 0 Å². The average Bonchev–Trinajstić information content (AvgIpc) is 3.00. The maximum atomic E-state index is 13.4. The van der Waals surface area contributed by atoms with Crippen molar-refractivity contribution in [2.24, 2.45) is 0 Å². The van der Waals surface area contributed by atoms with E-state index in [9.17, 15) is 9.18 Å². The van der Waals surface area contributed by atoms with E-state index in [4.69, 9.17) is 0 Å². The van der Waals surface area contributed by atoms with Gasteiger partial charge in [0.05, 0.1) is 5.39 Å². The Morgan fingerprint density at radius 3 is 2.52 bits per heavy atom. The first-order valence-electron chi connectivity index (χ1n) is 7.06. The molecule has 0 aliphatic heterocycles. The van der Waals surface area contributed by atoms with Crippen LogP contribution in [0.25, 0.3) is 32.0 Å².